The average Bonchev–Trinajstić information content (AvgIpc) is 2.84. The molecule has 34 heavy (non-hydrogen) atoms. The molecule has 0 unspecified atom stereocenters. The van der Waals surface area contributed by atoms with Crippen molar-refractivity contribution < 1.29 is 23.7 Å². The first-order chi connectivity index (χ1) is 16.5. The van der Waals surface area contributed by atoms with Crippen LogP contribution in [-0.2, 0) is 6.61 Å². The molecular formula is C26H27ClN2O5. The van der Waals surface area contributed by atoms with Crippen LogP contribution in [0.2, 0.25) is 5.02 Å². The van der Waals surface area contributed by atoms with E-state index in [4.69, 9.17) is 30.5 Å². The van der Waals surface area contributed by atoms with E-state index in [0.29, 0.717) is 59.0 Å². The number of benzene rings is 3. The zero-order valence-electron chi connectivity index (χ0n) is 19.3. The molecule has 0 saturated heterocycles. The van der Waals surface area contributed by atoms with Gasteiger partial charge in [0, 0.05) is 5.56 Å². The van der Waals surface area contributed by atoms with Crippen molar-refractivity contribution in [2.24, 2.45) is 5.10 Å². The highest BCUT2D eigenvalue weighted by Crippen LogP contribution is 2.37. The summed E-state index contributed by atoms with van der Waals surface area (Å²) in [4.78, 5) is 12.5. The quantitative estimate of drug-likeness (QED) is 0.289. The lowest BCUT2D eigenvalue weighted by Gasteiger charge is -2.14. The monoisotopic (exact) mass is 482 g/mol. The van der Waals surface area contributed by atoms with Crippen LogP contribution in [0.4, 0.5) is 0 Å². The largest absolute Gasteiger partial charge is 0.493 e. The van der Waals surface area contributed by atoms with Crippen LogP contribution in [0.25, 0.3) is 0 Å². The highest BCUT2D eigenvalue weighted by molar-refractivity contribution is 6.32. The molecule has 0 spiro atoms. The summed E-state index contributed by atoms with van der Waals surface area (Å²) < 4.78 is 22.4. The summed E-state index contributed by atoms with van der Waals surface area (Å²) in [6, 6.07) is 18.1. The molecule has 1 N–H and O–H groups in total. The van der Waals surface area contributed by atoms with Crippen LogP contribution >= 0.6 is 11.6 Å². The molecule has 3 aromatic rings. The predicted molar refractivity (Wildman–Crippen MR) is 133 cm³/mol. The maximum atomic E-state index is 12.5. The van der Waals surface area contributed by atoms with Gasteiger partial charge in [-0.25, -0.2) is 5.43 Å². The van der Waals surface area contributed by atoms with E-state index in [1.54, 1.807) is 37.4 Å². The Labute approximate surface area is 204 Å². The maximum absolute atomic E-state index is 12.5. The van der Waals surface area contributed by atoms with Crippen molar-refractivity contribution in [3.63, 3.8) is 0 Å². The minimum absolute atomic E-state index is 0.357. The molecule has 3 aromatic carbocycles. The van der Waals surface area contributed by atoms with Crippen molar-refractivity contribution in [1.82, 2.24) is 5.43 Å². The number of carbonyl (C=O) groups is 1. The van der Waals surface area contributed by atoms with E-state index in [2.05, 4.69) is 10.5 Å². The third-order valence-corrected chi connectivity index (χ3v) is 4.94. The van der Waals surface area contributed by atoms with Crippen LogP contribution in [-0.4, -0.2) is 32.4 Å². The van der Waals surface area contributed by atoms with Gasteiger partial charge in [-0.15, -0.1) is 0 Å². The number of hydrogen-bond acceptors (Lipinski definition) is 6. The number of methoxy groups -OCH3 is 1. The number of carbonyl (C=O) groups excluding carboxylic acids is 1. The van der Waals surface area contributed by atoms with E-state index >= 15 is 0 Å². The molecule has 0 aromatic heterocycles. The van der Waals surface area contributed by atoms with Gasteiger partial charge in [0.15, 0.2) is 23.0 Å². The summed E-state index contributed by atoms with van der Waals surface area (Å²) in [5.41, 5.74) is 4.55. The lowest BCUT2D eigenvalue weighted by atomic mass is 10.2. The fraction of sp³-hybridized carbons (Fsp3) is 0.231. The van der Waals surface area contributed by atoms with Crippen molar-refractivity contribution in [2.75, 3.05) is 20.3 Å². The van der Waals surface area contributed by atoms with Crippen molar-refractivity contribution >= 4 is 23.7 Å². The summed E-state index contributed by atoms with van der Waals surface area (Å²) in [7, 11) is 1.54. The zero-order chi connectivity index (χ0) is 24.3. The number of ether oxygens (including phenoxy) is 4. The topological polar surface area (TPSA) is 78.4 Å². The van der Waals surface area contributed by atoms with Gasteiger partial charge in [0.1, 0.15) is 6.61 Å². The van der Waals surface area contributed by atoms with Gasteiger partial charge in [-0.3, -0.25) is 4.79 Å². The number of amides is 1. The van der Waals surface area contributed by atoms with Crippen molar-refractivity contribution in [1.29, 1.82) is 0 Å². The first-order valence-corrected chi connectivity index (χ1v) is 11.2. The van der Waals surface area contributed by atoms with Crippen molar-refractivity contribution in [3.05, 3.63) is 82.4 Å². The SMILES string of the molecule is CCOc1cc(C(=O)N/N=C/c2cc(Cl)c(OCc3ccccc3)c(OCC)c2)ccc1OC. The Morgan fingerprint density at radius 3 is 2.38 bits per heavy atom. The summed E-state index contributed by atoms with van der Waals surface area (Å²) in [6.07, 6.45) is 1.49. The minimum Gasteiger partial charge on any atom is -0.493 e. The highest BCUT2D eigenvalue weighted by atomic mass is 35.5. The van der Waals surface area contributed by atoms with Gasteiger partial charge < -0.3 is 18.9 Å². The molecule has 0 radical (unpaired) electrons. The number of rotatable bonds is 11. The standard InChI is InChI=1S/C26H27ClN2O5/c1-4-32-23-15-20(11-12-22(23)31-3)26(30)29-28-16-19-13-21(27)25(24(14-19)33-5-2)34-17-18-9-7-6-8-10-18/h6-16H,4-5,17H2,1-3H3,(H,29,30)/b28-16+. The van der Waals surface area contributed by atoms with Crippen LogP contribution in [0, 0.1) is 0 Å². The summed E-state index contributed by atoms with van der Waals surface area (Å²) in [5, 5.41) is 4.43. The molecule has 0 aliphatic carbocycles. The Hall–Kier alpha value is -3.71. The molecule has 8 heteroatoms. The van der Waals surface area contributed by atoms with E-state index in [0.717, 1.165) is 5.56 Å². The fourth-order valence-electron chi connectivity index (χ4n) is 3.11. The predicted octanol–water partition coefficient (Wildman–Crippen LogP) is 5.49. The van der Waals surface area contributed by atoms with Gasteiger partial charge in [0.05, 0.1) is 31.6 Å². The lowest BCUT2D eigenvalue weighted by molar-refractivity contribution is 0.0954. The van der Waals surface area contributed by atoms with Gasteiger partial charge in [-0.2, -0.15) is 5.10 Å². The fourth-order valence-corrected chi connectivity index (χ4v) is 3.39. The van der Waals surface area contributed by atoms with Gasteiger partial charge in [0.25, 0.3) is 5.91 Å². The number of nitrogens with zero attached hydrogens (tertiary/aromatic N) is 1. The van der Waals surface area contributed by atoms with E-state index in [-0.39, 0.29) is 0 Å². The first-order valence-electron chi connectivity index (χ1n) is 10.8. The van der Waals surface area contributed by atoms with Crippen LogP contribution in [0.1, 0.15) is 35.3 Å². The number of hydrazone groups is 1. The molecule has 0 aliphatic heterocycles. The Balaban J connectivity index is 1.71. The number of halogens is 1. The van der Waals surface area contributed by atoms with E-state index in [1.165, 1.54) is 6.21 Å². The molecule has 1 amide bonds. The van der Waals surface area contributed by atoms with E-state index in [9.17, 15) is 4.79 Å². The minimum atomic E-state index is -0.390. The summed E-state index contributed by atoms with van der Waals surface area (Å²) >= 11 is 6.47. The van der Waals surface area contributed by atoms with Crippen molar-refractivity contribution in [3.8, 4) is 23.0 Å². The summed E-state index contributed by atoms with van der Waals surface area (Å²) in [6.45, 7) is 4.98. The first kappa shape index (κ1) is 24.9. The number of nitrogens with one attached hydrogen (secondary N) is 1. The van der Waals surface area contributed by atoms with Gasteiger partial charge in [-0.1, -0.05) is 41.9 Å². The van der Waals surface area contributed by atoms with Gasteiger partial charge >= 0.3 is 0 Å². The second kappa shape index (κ2) is 12.5. The normalized spacial score (nSPS) is 10.7. The van der Waals surface area contributed by atoms with Crippen LogP contribution in [0.3, 0.4) is 0 Å². The highest BCUT2D eigenvalue weighted by Gasteiger charge is 2.13. The molecule has 0 saturated carbocycles. The van der Waals surface area contributed by atoms with Crippen LogP contribution in [0.5, 0.6) is 23.0 Å². The van der Waals surface area contributed by atoms with E-state index < -0.39 is 5.91 Å². The third kappa shape index (κ3) is 6.65. The molecule has 0 fully saturated rings. The van der Waals surface area contributed by atoms with Gasteiger partial charge in [0.2, 0.25) is 0 Å². The van der Waals surface area contributed by atoms with Crippen LogP contribution < -0.4 is 24.4 Å². The van der Waals surface area contributed by atoms with Crippen molar-refractivity contribution in [2.45, 2.75) is 20.5 Å². The molecule has 0 bridgehead atoms. The molecule has 7 nitrogen and oxygen atoms in total. The van der Waals surface area contributed by atoms with Crippen LogP contribution in [0.15, 0.2) is 65.8 Å². The number of hydrogen-bond donors (Lipinski definition) is 1. The molecule has 0 atom stereocenters. The molecule has 3 rings (SSSR count). The Morgan fingerprint density at radius 1 is 0.941 bits per heavy atom. The van der Waals surface area contributed by atoms with Gasteiger partial charge in [-0.05, 0) is 55.3 Å². The molecule has 0 heterocycles. The Bertz CT molecular complexity index is 1140. The third-order valence-electron chi connectivity index (χ3n) is 4.66. The summed E-state index contributed by atoms with van der Waals surface area (Å²) in [5.74, 6) is 1.60. The Kier molecular flexibility index (Phi) is 9.17. The van der Waals surface area contributed by atoms with E-state index in [1.807, 2.05) is 44.2 Å². The average molecular weight is 483 g/mol. The molecule has 0 aliphatic rings. The smallest absolute Gasteiger partial charge is 0.271 e. The second-order valence-electron chi connectivity index (χ2n) is 7.04. The molecule has 178 valence electrons. The second-order valence-corrected chi connectivity index (χ2v) is 7.44. The Morgan fingerprint density at radius 2 is 1.68 bits per heavy atom. The lowest BCUT2D eigenvalue weighted by Crippen LogP contribution is -2.17. The molecular weight excluding hydrogens is 456 g/mol. The maximum Gasteiger partial charge on any atom is 0.271 e. The zero-order valence-corrected chi connectivity index (χ0v) is 20.1.